The average molecular weight is 456 g/mol. The first-order chi connectivity index (χ1) is 15.5. The molecule has 0 saturated carbocycles. The molecule has 1 saturated heterocycles. The summed E-state index contributed by atoms with van der Waals surface area (Å²) in [6.07, 6.45) is 0. The van der Waals surface area contributed by atoms with Crippen molar-refractivity contribution in [3.8, 4) is 22.9 Å². The van der Waals surface area contributed by atoms with Gasteiger partial charge in [-0.15, -0.1) is 11.6 Å². The largest absolute Gasteiger partial charge is 0.494 e. The van der Waals surface area contributed by atoms with Gasteiger partial charge in [0.25, 0.3) is 0 Å². The number of fused-ring (bicyclic) bond motifs is 2. The third-order valence-corrected chi connectivity index (χ3v) is 6.35. The van der Waals surface area contributed by atoms with Crippen molar-refractivity contribution in [2.24, 2.45) is 7.05 Å². The Morgan fingerprint density at radius 1 is 1.03 bits per heavy atom. The number of aryl methyl sites for hydroxylation is 1. The van der Waals surface area contributed by atoms with E-state index in [9.17, 15) is 0 Å². The summed E-state index contributed by atoms with van der Waals surface area (Å²) in [7, 11) is 7.33. The maximum atomic E-state index is 6.09. The van der Waals surface area contributed by atoms with Crippen LogP contribution in [0.3, 0.4) is 0 Å². The van der Waals surface area contributed by atoms with Crippen LogP contribution in [0, 0.1) is 0 Å². The van der Waals surface area contributed by atoms with E-state index < -0.39 is 0 Å². The number of H-pyrrole nitrogens is 1. The summed E-state index contributed by atoms with van der Waals surface area (Å²) < 4.78 is 13.4. The Morgan fingerprint density at radius 2 is 1.81 bits per heavy atom. The Labute approximate surface area is 190 Å². The molecule has 0 amide bonds. The van der Waals surface area contributed by atoms with E-state index in [2.05, 4.69) is 26.8 Å². The topological polar surface area (TPSA) is 84.3 Å². The van der Waals surface area contributed by atoms with Crippen LogP contribution < -0.4 is 14.4 Å². The van der Waals surface area contributed by atoms with Gasteiger partial charge in [-0.05, 0) is 25.2 Å². The second-order valence-corrected chi connectivity index (χ2v) is 8.26. The second kappa shape index (κ2) is 8.14. The highest BCUT2D eigenvalue weighted by atomic mass is 35.5. The van der Waals surface area contributed by atoms with Gasteiger partial charge in [-0.1, -0.05) is 0 Å². The molecule has 1 aromatic carbocycles. The van der Waals surface area contributed by atoms with Crippen LogP contribution in [0.25, 0.3) is 33.6 Å². The number of nitrogens with one attached hydrogen (secondary N) is 1. The average Bonchev–Trinajstić information content (AvgIpc) is 3.39. The molecular formula is C22H26ClN7O2. The third-order valence-electron chi connectivity index (χ3n) is 6.11. The highest BCUT2D eigenvalue weighted by Crippen LogP contribution is 2.41. The maximum absolute atomic E-state index is 6.09. The number of likely N-dealkylation sites (N-methyl/N-ethyl adjacent to an activating group) is 1. The van der Waals surface area contributed by atoms with Gasteiger partial charge in [0.2, 0.25) is 0 Å². The summed E-state index contributed by atoms with van der Waals surface area (Å²) in [6.45, 7) is 3.96. The molecule has 168 valence electrons. The molecule has 1 aliphatic rings. The minimum atomic E-state index is 0.288. The zero-order valence-corrected chi connectivity index (χ0v) is 19.4. The highest BCUT2D eigenvalue weighted by Gasteiger charge is 2.23. The van der Waals surface area contributed by atoms with Crippen LogP contribution in [0.5, 0.6) is 11.5 Å². The van der Waals surface area contributed by atoms with Gasteiger partial charge < -0.3 is 28.8 Å². The molecule has 0 atom stereocenters. The normalized spacial score (nSPS) is 15.1. The minimum absolute atomic E-state index is 0.288. The number of aromatic amines is 1. The molecule has 4 aromatic rings. The van der Waals surface area contributed by atoms with Crippen LogP contribution in [0.15, 0.2) is 18.2 Å². The number of pyridine rings is 1. The minimum Gasteiger partial charge on any atom is -0.494 e. The highest BCUT2D eigenvalue weighted by molar-refractivity contribution is 6.17. The Morgan fingerprint density at radius 3 is 2.50 bits per heavy atom. The number of rotatable bonds is 5. The van der Waals surface area contributed by atoms with E-state index >= 15 is 0 Å². The summed E-state index contributed by atoms with van der Waals surface area (Å²) in [5.41, 5.74) is 3.80. The third kappa shape index (κ3) is 3.32. The molecule has 0 bridgehead atoms. The van der Waals surface area contributed by atoms with Crippen molar-refractivity contribution >= 4 is 39.6 Å². The van der Waals surface area contributed by atoms with Gasteiger partial charge in [0.15, 0.2) is 11.4 Å². The fourth-order valence-corrected chi connectivity index (χ4v) is 4.50. The molecule has 1 fully saturated rings. The number of anilines is 1. The number of aromatic nitrogens is 5. The van der Waals surface area contributed by atoms with Gasteiger partial charge in [0.1, 0.15) is 34.2 Å². The fourth-order valence-electron chi connectivity index (χ4n) is 4.26. The van der Waals surface area contributed by atoms with Crippen LogP contribution in [0.2, 0.25) is 0 Å². The Kier molecular flexibility index (Phi) is 5.30. The molecule has 3 aromatic heterocycles. The molecule has 4 heterocycles. The molecule has 1 N–H and O–H groups in total. The van der Waals surface area contributed by atoms with Gasteiger partial charge in [-0.3, -0.25) is 0 Å². The SMILES string of the molecule is COc1c(-c2nc3nc(N4CCN(C)CC4)ccc3[nH]2)cc(OC)c2c1nc(CCl)n2C. The number of methoxy groups -OCH3 is 2. The van der Waals surface area contributed by atoms with E-state index in [1.165, 1.54) is 0 Å². The van der Waals surface area contributed by atoms with Gasteiger partial charge in [-0.25, -0.2) is 15.0 Å². The number of hydrogen-bond donors (Lipinski definition) is 1. The standard InChI is InChI=1S/C22H26ClN7O2/c1-28-7-9-30(10-8-28)16-6-5-14-22(26-16)27-21(24-14)13-11-15(31-3)19-18(20(13)32-4)25-17(12-23)29(19)2/h5-6,11H,7-10,12H2,1-4H3,(H,24,26,27). The van der Waals surface area contributed by atoms with E-state index in [0.29, 0.717) is 28.5 Å². The number of nitrogens with zero attached hydrogens (tertiary/aromatic N) is 6. The number of halogens is 1. The van der Waals surface area contributed by atoms with E-state index in [1.807, 2.05) is 29.8 Å². The Balaban J connectivity index is 1.62. The summed E-state index contributed by atoms with van der Waals surface area (Å²) in [5.74, 6) is 3.91. The van der Waals surface area contributed by atoms with E-state index in [-0.39, 0.29) is 5.88 Å². The Bertz CT molecular complexity index is 1290. The summed E-state index contributed by atoms with van der Waals surface area (Å²) in [5, 5.41) is 0. The molecule has 0 spiro atoms. The van der Waals surface area contributed by atoms with Crippen LogP contribution in [-0.4, -0.2) is 76.8 Å². The number of alkyl halides is 1. The van der Waals surface area contributed by atoms with Crippen molar-refractivity contribution in [3.63, 3.8) is 0 Å². The van der Waals surface area contributed by atoms with Gasteiger partial charge >= 0.3 is 0 Å². The molecule has 5 rings (SSSR count). The molecule has 32 heavy (non-hydrogen) atoms. The quantitative estimate of drug-likeness (QED) is 0.463. The first-order valence-corrected chi connectivity index (χ1v) is 11.0. The lowest BCUT2D eigenvalue weighted by atomic mass is 10.1. The second-order valence-electron chi connectivity index (χ2n) is 7.99. The predicted molar refractivity (Wildman–Crippen MR) is 126 cm³/mol. The molecular weight excluding hydrogens is 430 g/mol. The van der Waals surface area contributed by atoms with E-state index in [1.54, 1.807) is 14.2 Å². The van der Waals surface area contributed by atoms with Crippen molar-refractivity contribution in [2.75, 3.05) is 52.3 Å². The molecule has 0 aliphatic carbocycles. The molecule has 9 nitrogen and oxygen atoms in total. The molecule has 1 aliphatic heterocycles. The smallest absolute Gasteiger partial charge is 0.180 e. The number of ether oxygens (including phenoxy) is 2. The first-order valence-electron chi connectivity index (χ1n) is 10.5. The fraction of sp³-hybridized carbons (Fsp3) is 0.409. The number of imidazole rings is 2. The van der Waals surface area contributed by atoms with Gasteiger partial charge in [0, 0.05) is 33.2 Å². The lowest BCUT2D eigenvalue weighted by Crippen LogP contribution is -2.44. The predicted octanol–water partition coefficient (Wildman–Crippen LogP) is 3.02. The lowest BCUT2D eigenvalue weighted by molar-refractivity contribution is 0.312. The zero-order chi connectivity index (χ0) is 22.4. The van der Waals surface area contributed by atoms with Crippen molar-refractivity contribution in [3.05, 3.63) is 24.0 Å². The monoisotopic (exact) mass is 455 g/mol. The summed E-state index contributed by atoms with van der Waals surface area (Å²) in [6, 6.07) is 5.99. The van der Waals surface area contributed by atoms with Gasteiger partial charge in [0.05, 0.1) is 31.2 Å². The van der Waals surface area contributed by atoms with Gasteiger partial charge in [-0.2, -0.15) is 0 Å². The van der Waals surface area contributed by atoms with Crippen molar-refractivity contribution < 1.29 is 9.47 Å². The molecule has 0 unspecified atom stereocenters. The zero-order valence-electron chi connectivity index (χ0n) is 18.6. The Hall–Kier alpha value is -3.04. The maximum Gasteiger partial charge on any atom is 0.180 e. The van der Waals surface area contributed by atoms with Crippen molar-refractivity contribution in [2.45, 2.75) is 5.88 Å². The van der Waals surface area contributed by atoms with Crippen molar-refractivity contribution in [1.29, 1.82) is 0 Å². The van der Waals surface area contributed by atoms with Crippen molar-refractivity contribution in [1.82, 2.24) is 29.4 Å². The van der Waals surface area contributed by atoms with Crippen LogP contribution >= 0.6 is 11.6 Å². The van der Waals surface area contributed by atoms with E-state index in [4.69, 9.17) is 31.0 Å². The van der Waals surface area contributed by atoms with E-state index in [0.717, 1.165) is 54.4 Å². The lowest BCUT2D eigenvalue weighted by Gasteiger charge is -2.33. The number of benzene rings is 1. The molecule has 0 radical (unpaired) electrons. The number of piperazine rings is 1. The van der Waals surface area contributed by atoms with Crippen LogP contribution in [0.1, 0.15) is 5.82 Å². The summed E-state index contributed by atoms with van der Waals surface area (Å²) in [4.78, 5) is 22.3. The van der Waals surface area contributed by atoms with Crippen LogP contribution in [-0.2, 0) is 12.9 Å². The van der Waals surface area contributed by atoms with Crippen LogP contribution in [0.4, 0.5) is 5.82 Å². The first kappa shape index (κ1) is 20.8. The summed E-state index contributed by atoms with van der Waals surface area (Å²) >= 11 is 6.09. The molecule has 10 heteroatoms. The number of hydrogen-bond acceptors (Lipinski definition) is 7.